The highest BCUT2D eigenvalue weighted by Gasteiger charge is 2.03. The summed E-state index contributed by atoms with van der Waals surface area (Å²) < 4.78 is 1.74. The van der Waals surface area contributed by atoms with Crippen LogP contribution in [0.1, 0.15) is 24.7 Å². The number of benzene rings is 1. The van der Waals surface area contributed by atoms with Gasteiger partial charge in [0.25, 0.3) is 0 Å². The number of nitrogens with one attached hydrogen (secondary N) is 2. The fourth-order valence-corrected chi connectivity index (χ4v) is 2.48. The van der Waals surface area contributed by atoms with Crippen molar-refractivity contribution in [1.29, 1.82) is 0 Å². The Hall–Kier alpha value is -2.41. The predicted molar refractivity (Wildman–Crippen MR) is 101 cm³/mol. The van der Waals surface area contributed by atoms with E-state index < -0.39 is 0 Å². The third kappa shape index (κ3) is 6.93. The largest absolute Gasteiger partial charge is 0.357 e. The summed E-state index contributed by atoms with van der Waals surface area (Å²) in [6.07, 6.45) is 2.60. The summed E-state index contributed by atoms with van der Waals surface area (Å²) in [5.41, 5.74) is 1.34. The molecule has 0 bridgehead atoms. The van der Waals surface area contributed by atoms with Crippen molar-refractivity contribution in [2.45, 2.75) is 26.4 Å². The van der Waals surface area contributed by atoms with Gasteiger partial charge in [-0.2, -0.15) is 5.10 Å². The molecule has 0 aliphatic rings. The van der Waals surface area contributed by atoms with Gasteiger partial charge in [0.05, 0.1) is 0 Å². The minimum Gasteiger partial charge on any atom is -0.357 e. The van der Waals surface area contributed by atoms with Gasteiger partial charge in [0.2, 0.25) is 0 Å². The number of guanidine groups is 1. The second kappa shape index (κ2) is 10.5. The Kier molecular flexibility index (Phi) is 7.91. The number of hydrogen-bond donors (Lipinski definition) is 2. The van der Waals surface area contributed by atoms with E-state index in [4.69, 9.17) is 0 Å². The topological polar surface area (TPSA) is 70.4 Å². The fraction of sp³-hybridized carbons (Fsp3) is 0.500. The first-order valence-electron chi connectivity index (χ1n) is 8.76. The van der Waals surface area contributed by atoms with E-state index in [2.05, 4.69) is 74.9 Å². The van der Waals surface area contributed by atoms with Crippen LogP contribution < -0.4 is 10.6 Å². The molecular weight excluding hydrogens is 314 g/mol. The van der Waals surface area contributed by atoms with E-state index in [9.17, 15) is 0 Å². The summed E-state index contributed by atoms with van der Waals surface area (Å²) in [5.74, 6) is 1.66. The highest BCUT2D eigenvalue weighted by Crippen LogP contribution is 2.02. The monoisotopic (exact) mass is 343 g/mol. The first-order valence-corrected chi connectivity index (χ1v) is 8.76. The molecule has 0 saturated heterocycles. The zero-order chi connectivity index (χ0) is 17.9. The second-order valence-electron chi connectivity index (χ2n) is 6.00. The molecule has 0 aliphatic heterocycles. The molecule has 1 aromatic heterocycles. The van der Waals surface area contributed by atoms with Crippen molar-refractivity contribution in [2.75, 3.05) is 26.7 Å². The summed E-state index contributed by atoms with van der Waals surface area (Å²) in [6, 6.07) is 10.5. The molecular formula is C18H29N7. The molecule has 0 amide bonds. The highest BCUT2D eigenvalue weighted by molar-refractivity contribution is 5.79. The van der Waals surface area contributed by atoms with Crippen molar-refractivity contribution in [1.82, 2.24) is 30.3 Å². The number of aromatic nitrogens is 3. The second-order valence-corrected chi connectivity index (χ2v) is 6.00. The van der Waals surface area contributed by atoms with Crippen molar-refractivity contribution >= 4 is 5.96 Å². The van der Waals surface area contributed by atoms with Gasteiger partial charge in [0.1, 0.15) is 18.7 Å². The highest BCUT2D eigenvalue weighted by atomic mass is 15.3. The molecule has 0 fully saturated rings. The quantitative estimate of drug-likeness (QED) is 0.409. The van der Waals surface area contributed by atoms with E-state index in [1.165, 1.54) is 5.56 Å². The number of aryl methyl sites for hydroxylation is 1. The molecule has 7 heteroatoms. The molecule has 0 unspecified atom stereocenters. The first-order chi connectivity index (χ1) is 12.2. The Labute approximate surface area is 150 Å². The van der Waals surface area contributed by atoms with Crippen LogP contribution in [0.15, 0.2) is 41.7 Å². The van der Waals surface area contributed by atoms with Crippen LogP contribution in [0.2, 0.25) is 0 Å². The molecule has 7 nitrogen and oxygen atoms in total. The molecule has 0 radical (unpaired) electrons. The van der Waals surface area contributed by atoms with E-state index in [-0.39, 0.29) is 0 Å². The molecule has 2 aromatic rings. The lowest BCUT2D eigenvalue weighted by Crippen LogP contribution is -2.38. The maximum atomic E-state index is 4.56. The van der Waals surface area contributed by atoms with Crippen LogP contribution in [-0.4, -0.2) is 52.3 Å². The summed E-state index contributed by atoms with van der Waals surface area (Å²) in [7, 11) is 4.03. The van der Waals surface area contributed by atoms with Crippen molar-refractivity contribution in [3.05, 3.63) is 48.0 Å². The van der Waals surface area contributed by atoms with Gasteiger partial charge in [-0.1, -0.05) is 30.3 Å². The zero-order valence-electron chi connectivity index (χ0n) is 15.4. The molecule has 0 atom stereocenters. The lowest BCUT2D eigenvalue weighted by atomic mass is 10.2. The first kappa shape index (κ1) is 18.9. The Bertz CT molecular complexity index is 636. The molecule has 0 aliphatic carbocycles. The Morgan fingerprint density at radius 1 is 1.24 bits per heavy atom. The molecule has 0 saturated carbocycles. The summed E-state index contributed by atoms with van der Waals surface area (Å²) in [5, 5.41) is 10.7. The van der Waals surface area contributed by atoms with Crippen LogP contribution >= 0.6 is 0 Å². The third-order valence-corrected chi connectivity index (χ3v) is 3.83. The summed E-state index contributed by atoms with van der Waals surface area (Å²) in [6.45, 7) is 6.29. The standard InChI is InChI=1S/C18H29N7/c1-4-19-18(21-13-17-22-15-23-25(17)3)20-11-8-12-24(2)14-16-9-6-5-7-10-16/h5-7,9-10,15H,4,8,11-14H2,1-3H3,(H2,19,20,21). The van der Waals surface area contributed by atoms with Gasteiger partial charge in [-0.05, 0) is 32.5 Å². The van der Waals surface area contributed by atoms with Crippen LogP contribution in [0.25, 0.3) is 0 Å². The number of nitrogens with zero attached hydrogens (tertiary/aromatic N) is 5. The van der Waals surface area contributed by atoms with Gasteiger partial charge in [-0.15, -0.1) is 0 Å². The van der Waals surface area contributed by atoms with Gasteiger partial charge < -0.3 is 15.5 Å². The van der Waals surface area contributed by atoms with E-state index in [1.54, 1.807) is 11.0 Å². The lowest BCUT2D eigenvalue weighted by molar-refractivity contribution is 0.322. The zero-order valence-corrected chi connectivity index (χ0v) is 15.4. The summed E-state index contributed by atoms with van der Waals surface area (Å²) >= 11 is 0. The fourth-order valence-electron chi connectivity index (χ4n) is 2.48. The predicted octanol–water partition coefficient (Wildman–Crippen LogP) is 1.39. The molecule has 0 spiro atoms. The number of hydrogen-bond acceptors (Lipinski definition) is 4. The van der Waals surface area contributed by atoms with Crippen LogP contribution in [0.5, 0.6) is 0 Å². The molecule has 1 aromatic carbocycles. The van der Waals surface area contributed by atoms with Gasteiger partial charge >= 0.3 is 0 Å². The Morgan fingerprint density at radius 2 is 2.04 bits per heavy atom. The minimum atomic E-state index is 0.514. The SMILES string of the molecule is CCNC(=NCc1ncnn1C)NCCCN(C)Cc1ccccc1. The number of aliphatic imine (C=N–C) groups is 1. The van der Waals surface area contributed by atoms with Crippen LogP contribution in [-0.2, 0) is 20.1 Å². The maximum absolute atomic E-state index is 4.56. The summed E-state index contributed by atoms with van der Waals surface area (Å²) in [4.78, 5) is 11.1. The minimum absolute atomic E-state index is 0.514. The number of rotatable bonds is 9. The average Bonchev–Trinajstić information content (AvgIpc) is 3.02. The Balaban J connectivity index is 1.70. The van der Waals surface area contributed by atoms with E-state index in [0.717, 1.165) is 44.4 Å². The Morgan fingerprint density at radius 3 is 2.72 bits per heavy atom. The molecule has 2 N–H and O–H groups in total. The van der Waals surface area contributed by atoms with Crippen molar-refractivity contribution in [2.24, 2.45) is 12.0 Å². The molecule has 136 valence electrons. The average molecular weight is 343 g/mol. The van der Waals surface area contributed by atoms with Crippen molar-refractivity contribution < 1.29 is 0 Å². The smallest absolute Gasteiger partial charge is 0.191 e. The third-order valence-electron chi connectivity index (χ3n) is 3.83. The van der Waals surface area contributed by atoms with Gasteiger partial charge in [0.15, 0.2) is 5.96 Å². The van der Waals surface area contributed by atoms with Crippen molar-refractivity contribution in [3.8, 4) is 0 Å². The van der Waals surface area contributed by atoms with E-state index >= 15 is 0 Å². The van der Waals surface area contributed by atoms with Gasteiger partial charge in [-0.25, -0.2) is 9.98 Å². The van der Waals surface area contributed by atoms with Gasteiger partial charge in [-0.3, -0.25) is 4.68 Å². The van der Waals surface area contributed by atoms with E-state index in [1.807, 2.05) is 7.05 Å². The molecule has 1 heterocycles. The van der Waals surface area contributed by atoms with E-state index in [0.29, 0.717) is 6.54 Å². The van der Waals surface area contributed by atoms with Crippen molar-refractivity contribution in [3.63, 3.8) is 0 Å². The van der Waals surface area contributed by atoms with Crippen LogP contribution in [0, 0.1) is 0 Å². The molecule has 2 rings (SSSR count). The molecule has 25 heavy (non-hydrogen) atoms. The van der Waals surface area contributed by atoms with Gasteiger partial charge in [0, 0.05) is 26.7 Å². The normalized spacial score (nSPS) is 11.8. The van der Waals surface area contributed by atoms with Crippen LogP contribution in [0.4, 0.5) is 0 Å². The maximum Gasteiger partial charge on any atom is 0.191 e. The lowest BCUT2D eigenvalue weighted by Gasteiger charge is -2.17. The van der Waals surface area contributed by atoms with Crippen LogP contribution in [0.3, 0.4) is 0 Å².